The number of aryl methyl sites for hydroxylation is 1. The molecule has 1 aromatic carbocycles. The van der Waals surface area contributed by atoms with Crippen LogP contribution in [-0.2, 0) is 11.2 Å². The molecule has 0 unspecified atom stereocenters. The van der Waals surface area contributed by atoms with E-state index in [0.717, 1.165) is 45.0 Å². The molecule has 4 rings (SSSR count). The number of halogens is 1. The number of benzene rings is 1. The van der Waals surface area contributed by atoms with Gasteiger partial charge in [0.05, 0.1) is 11.8 Å². The van der Waals surface area contributed by atoms with Crippen LogP contribution < -0.4 is 0 Å². The number of carbonyl (C=O) groups excluding carboxylic acids is 2. The van der Waals surface area contributed by atoms with Crippen molar-refractivity contribution in [3.63, 3.8) is 0 Å². The third-order valence-electron chi connectivity index (χ3n) is 6.26. The molecule has 0 aliphatic carbocycles. The molecule has 2 aliphatic rings. The zero-order chi connectivity index (χ0) is 20.3. The summed E-state index contributed by atoms with van der Waals surface area (Å²) in [6.45, 7) is 2.67. The van der Waals surface area contributed by atoms with Gasteiger partial charge in [-0.05, 0) is 37.3 Å². The highest BCUT2D eigenvalue weighted by atomic mass is 19.1. The Morgan fingerprint density at radius 3 is 2.62 bits per heavy atom. The van der Waals surface area contributed by atoms with Crippen molar-refractivity contribution >= 4 is 11.8 Å². The fourth-order valence-electron chi connectivity index (χ4n) is 4.54. The number of nitrogens with zero attached hydrogens (tertiary/aromatic N) is 3. The molecule has 0 N–H and O–H groups in total. The van der Waals surface area contributed by atoms with Crippen molar-refractivity contribution in [2.75, 3.05) is 26.2 Å². The molecule has 3 heterocycles. The van der Waals surface area contributed by atoms with Gasteiger partial charge in [-0.25, -0.2) is 4.39 Å². The van der Waals surface area contributed by atoms with E-state index in [1.807, 2.05) is 23.1 Å². The second kappa shape index (κ2) is 8.31. The van der Waals surface area contributed by atoms with Crippen LogP contribution in [-0.4, -0.2) is 52.8 Å². The molecule has 0 bridgehead atoms. The predicted octanol–water partition coefficient (Wildman–Crippen LogP) is 3.31. The molecule has 0 saturated carbocycles. The molecule has 2 fully saturated rings. The summed E-state index contributed by atoms with van der Waals surface area (Å²) >= 11 is 0. The Morgan fingerprint density at radius 1 is 1.14 bits per heavy atom. The lowest BCUT2D eigenvalue weighted by Crippen LogP contribution is -2.44. The summed E-state index contributed by atoms with van der Waals surface area (Å²) < 4.78 is 13.9. The van der Waals surface area contributed by atoms with Crippen molar-refractivity contribution in [3.05, 3.63) is 65.7 Å². The van der Waals surface area contributed by atoms with Crippen molar-refractivity contribution in [2.45, 2.75) is 32.1 Å². The summed E-state index contributed by atoms with van der Waals surface area (Å²) in [7, 11) is 0. The molecule has 1 aromatic heterocycles. The van der Waals surface area contributed by atoms with Crippen LogP contribution in [0.25, 0.3) is 0 Å². The third kappa shape index (κ3) is 4.31. The van der Waals surface area contributed by atoms with Gasteiger partial charge in [-0.15, -0.1) is 0 Å². The van der Waals surface area contributed by atoms with E-state index in [-0.39, 0.29) is 22.8 Å². The monoisotopic (exact) mass is 395 g/mol. The topological polar surface area (TPSA) is 53.5 Å². The normalized spacial score (nSPS) is 18.4. The standard InChI is InChI=1S/C23H26FN3O2/c24-20-16-25-11-8-19(20)22(29)26-13-9-23(10-14-26)15-21(28)27(17-23)12-4-7-18-5-2-1-3-6-18/h1-3,5-6,8,11,16H,4,7,9-10,12-15,17H2. The molecule has 2 aromatic rings. The first-order valence-corrected chi connectivity index (χ1v) is 10.3. The van der Waals surface area contributed by atoms with Gasteiger partial charge < -0.3 is 9.80 Å². The van der Waals surface area contributed by atoms with Gasteiger partial charge in [-0.1, -0.05) is 30.3 Å². The Hall–Kier alpha value is -2.76. The van der Waals surface area contributed by atoms with Crippen LogP contribution >= 0.6 is 0 Å². The first kappa shape index (κ1) is 19.6. The molecular formula is C23H26FN3O2. The molecule has 152 valence electrons. The summed E-state index contributed by atoms with van der Waals surface area (Å²) in [5.74, 6) is -0.653. The summed E-state index contributed by atoms with van der Waals surface area (Å²) in [4.78, 5) is 32.6. The Morgan fingerprint density at radius 2 is 1.90 bits per heavy atom. The maximum atomic E-state index is 13.9. The lowest BCUT2D eigenvalue weighted by molar-refractivity contribution is -0.127. The summed E-state index contributed by atoms with van der Waals surface area (Å²) in [5.41, 5.74) is 1.32. The van der Waals surface area contributed by atoms with Crippen molar-refractivity contribution in [2.24, 2.45) is 5.41 Å². The van der Waals surface area contributed by atoms with Crippen LogP contribution in [0.5, 0.6) is 0 Å². The zero-order valence-electron chi connectivity index (χ0n) is 16.5. The van der Waals surface area contributed by atoms with E-state index >= 15 is 0 Å². The lowest BCUT2D eigenvalue weighted by atomic mass is 9.77. The van der Waals surface area contributed by atoms with E-state index in [2.05, 4.69) is 17.1 Å². The van der Waals surface area contributed by atoms with Crippen LogP contribution in [0.3, 0.4) is 0 Å². The Labute approximate surface area is 170 Å². The Kier molecular flexibility index (Phi) is 5.60. The number of aromatic nitrogens is 1. The van der Waals surface area contributed by atoms with Crippen molar-refractivity contribution in [1.29, 1.82) is 0 Å². The van der Waals surface area contributed by atoms with E-state index in [4.69, 9.17) is 0 Å². The molecule has 2 saturated heterocycles. The average Bonchev–Trinajstić information content (AvgIpc) is 3.04. The van der Waals surface area contributed by atoms with Gasteiger partial charge in [0.25, 0.3) is 5.91 Å². The minimum absolute atomic E-state index is 0.0442. The average molecular weight is 395 g/mol. The number of amides is 2. The van der Waals surface area contributed by atoms with E-state index in [9.17, 15) is 14.0 Å². The van der Waals surface area contributed by atoms with Crippen LogP contribution in [0.1, 0.15) is 41.6 Å². The number of hydrogen-bond acceptors (Lipinski definition) is 3. The van der Waals surface area contributed by atoms with Crippen molar-refractivity contribution in [3.8, 4) is 0 Å². The van der Waals surface area contributed by atoms with Gasteiger partial charge in [-0.2, -0.15) is 0 Å². The second-order valence-electron chi connectivity index (χ2n) is 8.23. The van der Waals surface area contributed by atoms with E-state index < -0.39 is 5.82 Å². The van der Waals surface area contributed by atoms with Crippen molar-refractivity contribution in [1.82, 2.24) is 14.8 Å². The first-order chi connectivity index (χ1) is 14.1. The fourth-order valence-corrected chi connectivity index (χ4v) is 4.54. The number of hydrogen-bond donors (Lipinski definition) is 0. The minimum atomic E-state index is -0.585. The Bertz CT molecular complexity index is 879. The minimum Gasteiger partial charge on any atom is -0.342 e. The smallest absolute Gasteiger partial charge is 0.256 e. The molecule has 29 heavy (non-hydrogen) atoms. The van der Waals surface area contributed by atoms with Gasteiger partial charge in [0.15, 0.2) is 5.82 Å². The van der Waals surface area contributed by atoms with Gasteiger partial charge >= 0.3 is 0 Å². The molecule has 2 aliphatic heterocycles. The quantitative estimate of drug-likeness (QED) is 0.781. The second-order valence-corrected chi connectivity index (χ2v) is 8.23. The number of carbonyl (C=O) groups is 2. The zero-order valence-corrected chi connectivity index (χ0v) is 16.5. The van der Waals surface area contributed by atoms with Crippen LogP contribution in [0, 0.1) is 11.2 Å². The largest absolute Gasteiger partial charge is 0.342 e. The van der Waals surface area contributed by atoms with Gasteiger partial charge in [0.2, 0.25) is 5.91 Å². The van der Waals surface area contributed by atoms with E-state index in [1.54, 1.807) is 4.90 Å². The predicted molar refractivity (Wildman–Crippen MR) is 108 cm³/mol. The molecule has 6 heteroatoms. The maximum Gasteiger partial charge on any atom is 0.256 e. The van der Waals surface area contributed by atoms with Crippen LogP contribution in [0.4, 0.5) is 4.39 Å². The maximum absolute atomic E-state index is 13.9. The summed E-state index contributed by atoms with van der Waals surface area (Å²) in [5, 5.41) is 0. The highest BCUT2D eigenvalue weighted by Crippen LogP contribution is 2.41. The number of pyridine rings is 1. The third-order valence-corrected chi connectivity index (χ3v) is 6.26. The Balaban J connectivity index is 1.30. The number of likely N-dealkylation sites (tertiary alicyclic amines) is 2. The molecule has 0 atom stereocenters. The number of piperidine rings is 1. The number of rotatable bonds is 5. The fraction of sp³-hybridized carbons (Fsp3) is 0.435. The van der Waals surface area contributed by atoms with Crippen LogP contribution in [0.15, 0.2) is 48.8 Å². The molecule has 1 spiro atoms. The van der Waals surface area contributed by atoms with Crippen LogP contribution in [0.2, 0.25) is 0 Å². The molecule has 0 radical (unpaired) electrons. The van der Waals surface area contributed by atoms with Crippen molar-refractivity contribution < 1.29 is 14.0 Å². The molecule has 5 nitrogen and oxygen atoms in total. The SMILES string of the molecule is O=C1CC2(CCN(C(=O)c3ccncc3F)CC2)CN1CCCc1ccccc1. The van der Waals surface area contributed by atoms with E-state index in [0.29, 0.717) is 19.5 Å². The van der Waals surface area contributed by atoms with Gasteiger partial charge in [0, 0.05) is 44.2 Å². The lowest BCUT2D eigenvalue weighted by Gasteiger charge is -2.38. The highest BCUT2D eigenvalue weighted by molar-refractivity contribution is 5.94. The first-order valence-electron chi connectivity index (χ1n) is 10.3. The summed E-state index contributed by atoms with van der Waals surface area (Å²) in [6, 6.07) is 11.8. The molecule has 2 amide bonds. The highest BCUT2D eigenvalue weighted by Gasteiger charge is 2.45. The summed E-state index contributed by atoms with van der Waals surface area (Å²) in [6.07, 6.45) is 6.56. The van der Waals surface area contributed by atoms with Gasteiger partial charge in [-0.3, -0.25) is 14.6 Å². The van der Waals surface area contributed by atoms with Gasteiger partial charge in [0.1, 0.15) is 0 Å². The van der Waals surface area contributed by atoms with E-state index in [1.165, 1.54) is 17.8 Å². The molecular weight excluding hydrogens is 369 g/mol.